The van der Waals surface area contributed by atoms with E-state index in [1.807, 2.05) is 44.2 Å². The lowest BCUT2D eigenvalue weighted by Gasteiger charge is -2.21. The molecule has 2 aliphatic rings. The van der Waals surface area contributed by atoms with E-state index in [0.717, 1.165) is 60.4 Å². The molecular weight excluding hydrogens is 410 g/mol. The Bertz CT molecular complexity index is 1150. The summed E-state index contributed by atoms with van der Waals surface area (Å²) in [5.74, 6) is 1.39. The molecule has 5 nitrogen and oxygen atoms in total. The molecule has 2 aliphatic carbocycles. The summed E-state index contributed by atoms with van der Waals surface area (Å²) in [5.41, 5.74) is 7.37. The second-order valence-corrected chi connectivity index (χ2v) is 8.73. The minimum absolute atomic E-state index is 0.0254. The van der Waals surface area contributed by atoms with Crippen molar-refractivity contribution in [1.29, 1.82) is 0 Å². The summed E-state index contributed by atoms with van der Waals surface area (Å²) in [6, 6.07) is 10.2. The van der Waals surface area contributed by atoms with Crippen LogP contribution in [0.1, 0.15) is 62.2 Å². The van der Waals surface area contributed by atoms with E-state index in [1.165, 1.54) is 11.1 Å². The molecule has 0 atom stereocenters. The first-order valence-corrected chi connectivity index (χ1v) is 11.6. The van der Waals surface area contributed by atoms with E-state index in [-0.39, 0.29) is 5.91 Å². The van der Waals surface area contributed by atoms with Crippen molar-refractivity contribution in [2.75, 3.05) is 12.4 Å². The molecule has 0 saturated carbocycles. The topological polar surface area (TPSA) is 64.1 Å². The minimum Gasteiger partial charge on any atom is -0.497 e. The Morgan fingerprint density at radius 2 is 1.94 bits per heavy atom. The summed E-state index contributed by atoms with van der Waals surface area (Å²) in [6.45, 7) is 4.05. The molecule has 0 radical (unpaired) electrons. The fourth-order valence-electron chi connectivity index (χ4n) is 4.22. The average Bonchev–Trinajstić information content (AvgIpc) is 3.02. The number of hydrogen-bond donors (Lipinski definition) is 1. The number of methoxy groups -OCH3 is 1. The van der Waals surface area contributed by atoms with E-state index < -0.39 is 0 Å². The number of aromatic nitrogens is 2. The van der Waals surface area contributed by atoms with Crippen LogP contribution in [0.2, 0.25) is 0 Å². The molecule has 170 valence electrons. The molecule has 0 spiro atoms. The van der Waals surface area contributed by atoms with Crippen LogP contribution in [0.5, 0.6) is 0 Å². The van der Waals surface area contributed by atoms with E-state index >= 15 is 0 Å². The third-order valence-electron chi connectivity index (χ3n) is 5.89. The number of allylic oxidation sites excluding steroid dienone is 6. The molecule has 1 N–H and O–H groups in total. The standard InChI is InChI=1S/C28H31N3O2/c1-19(2)18-25-28(31-26(32)11-7-10-20-8-5-4-6-9-20)30-24-17-13-21-12-14-22(33-3)15-16-23(21)27(24)29-25/h4-6,8-9,14-16,18H,7,10-13,17H2,1-3H3,(H,30,31,32). The van der Waals surface area contributed by atoms with Gasteiger partial charge in [-0.15, -0.1) is 0 Å². The number of carbonyl (C=O) groups excluding carboxylic acids is 1. The number of ether oxygens (including phenoxy) is 1. The zero-order valence-electron chi connectivity index (χ0n) is 19.6. The number of benzene rings is 1. The van der Waals surface area contributed by atoms with Gasteiger partial charge in [0.2, 0.25) is 5.91 Å². The third kappa shape index (κ3) is 5.67. The van der Waals surface area contributed by atoms with Gasteiger partial charge in [-0.1, -0.05) is 41.5 Å². The van der Waals surface area contributed by atoms with E-state index in [1.54, 1.807) is 7.11 Å². The molecule has 4 rings (SSSR count). The second kappa shape index (κ2) is 10.4. The van der Waals surface area contributed by atoms with Crippen molar-refractivity contribution in [1.82, 2.24) is 9.97 Å². The Morgan fingerprint density at radius 1 is 1.12 bits per heavy atom. The molecule has 1 aromatic carbocycles. The van der Waals surface area contributed by atoms with Gasteiger partial charge in [-0.3, -0.25) is 4.79 Å². The molecule has 0 saturated heterocycles. The van der Waals surface area contributed by atoms with Crippen molar-refractivity contribution in [2.45, 2.75) is 52.4 Å². The highest BCUT2D eigenvalue weighted by molar-refractivity contribution is 5.92. The Hall–Kier alpha value is -3.47. The summed E-state index contributed by atoms with van der Waals surface area (Å²) in [6.07, 6.45) is 12.9. The van der Waals surface area contributed by atoms with Gasteiger partial charge in [0.25, 0.3) is 0 Å². The lowest BCUT2D eigenvalue weighted by atomic mass is 9.90. The second-order valence-electron chi connectivity index (χ2n) is 8.73. The van der Waals surface area contributed by atoms with Gasteiger partial charge in [0, 0.05) is 12.0 Å². The number of carbonyl (C=O) groups is 1. The number of nitrogens with one attached hydrogen (secondary N) is 1. The van der Waals surface area contributed by atoms with E-state index in [9.17, 15) is 4.79 Å². The predicted octanol–water partition coefficient (Wildman–Crippen LogP) is 6.05. The number of anilines is 1. The molecule has 33 heavy (non-hydrogen) atoms. The molecule has 1 aromatic heterocycles. The largest absolute Gasteiger partial charge is 0.497 e. The van der Waals surface area contributed by atoms with E-state index in [0.29, 0.717) is 17.9 Å². The predicted molar refractivity (Wildman–Crippen MR) is 133 cm³/mol. The first kappa shape index (κ1) is 22.7. The van der Waals surface area contributed by atoms with Crippen molar-refractivity contribution in [3.8, 4) is 0 Å². The minimum atomic E-state index is -0.0254. The van der Waals surface area contributed by atoms with E-state index in [4.69, 9.17) is 14.7 Å². The lowest BCUT2D eigenvalue weighted by molar-refractivity contribution is -0.116. The van der Waals surface area contributed by atoms with Gasteiger partial charge in [-0.25, -0.2) is 9.97 Å². The molecule has 0 aliphatic heterocycles. The number of rotatable bonds is 7. The van der Waals surface area contributed by atoms with Gasteiger partial charge >= 0.3 is 0 Å². The number of amides is 1. The van der Waals surface area contributed by atoms with Crippen LogP contribution < -0.4 is 5.32 Å². The van der Waals surface area contributed by atoms with E-state index in [2.05, 4.69) is 29.6 Å². The summed E-state index contributed by atoms with van der Waals surface area (Å²) in [5, 5.41) is 3.03. The summed E-state index contributed by atoms with van der Waals surface area (Å²) in [7, 11) is 1.69. The third-order valence-corrected chi connectivity index (χ3v) is 5.89. The van der Waals surface area contributed by atoms with Gasteiger partial charge in [0.1, 0.15) is 11.5 Å². The summed E-state index contributed by atoms with van der Waals surface area (Å²) >= 11 is 0. The quantitative estimate of drug-likeness (QED) is 0.568. The van der Waals surface area contributed by atoms with Crippen molar-refractivity contribution in [2.24, 2.45) is 0 Å². The first-order chi connectivity index (χ1) is 16.0. The van der Waals surface area contributed by atoms with Crippen LogP contribution in [-0.4, -0.2) is 23.0 Å². The zero-order valence-corrected chi connectivity index (χ0v) is 19.6. The van der Waals surface area contributed by atoms with Crippen LogP contribution in [0.3, 0.4) is 0 Å². The van der Waals surface area contributed by atoms with Gasteiger partial charge in [0.05, 0.1) is 18.5 Å². The van der Waals surface area contributed by atoms with Crippen molar-refractivity contribution in [3.05, 3.63) is 88.1 Å². The number of fused-ring (bicyclic) bond motifs is 2. The fraction of sp³-hybridized carbons (Fsp3) is 0.321. The molecule has 0 bridgehead atoms. The lowest BCUT2D eigenvalue weighted by Crippen LogP contribution is -2.17. The average molecular weight is 442 g/mol. The summed E-state index contributed by atoms with van der Waals surface area (Å²) < 4.78 is 5.42. The maximum absolute atomic E-state index is 12.7. The fourth-order valence-corrected chi connectivity index (χ4v) is 4.22. The van der Waals surface area contributed by atoms with Gasteiger partial charge < -0.3 is 10.1 Å². The van der Waals surface area contributed by atoms with Crippen molar-refractivity contribution in [3.63, 3.8) is 0 Å². The highest BCUT2D eigenvalue weighted by Crippen LogP contribution is 2.35. The van der Waals surface area contributed by atoms with Gasteiger partial charge in [-0.2, -0.15) is 0 Å². The molecule has 0 fully saturated rings. The number of aryl methyl sites for hydroxylation is 2. The van der Waals surface area contributed by atoms with Gasteiger partial charge in [0.15, 0.2) is 5.82 Å². The molecule has 1 amide bonds. The van der Waals surface area contributed by atoms with Crippen LogP contribution in [0.15, 0.2) is 65.5 Å². The molecule has 1 heterocycles. The monoisotopic (exact) mass is 441 g/mol. The molecule has 0 unspecified atom stereocenters. The highest BCUT2D eigenvalue weighted by Gasteiger charge is 2.23. The van der Waals surface area contributed by atoms with Crippen molar-refractivity contribution >= 4 is 23.4 Å². The highest BCUT2D eigenvalue weighted by atomic mass is 16.5. The Morgan fingerprint density at radius 3 is 2.70 bits per heavy atom. The molecule has 5 heteroatoms. The van der Waals surface area contributed by atoms with Crippen LogP contribution >= 0.6 is 0 Å². The normalized spacial score (nSPS) is 14.6. The zero-order chi connectivity index (χ0) is 23.2. The summed E-state index contributed by atoms with van der Waals surface area (Å²) in [4.78, 5) is 22.6. The Labute approximate surface area is 196 Å². The van der Waals surface area contributed by atoms with Crippen LogP contribution in [0.4, 0.5) is 5.82 Å². The van der Waals surface area contributed by atoms with Crippen molar-refractivity contribution < 1.29 is 9.53 Å². The van der Waals surface area contributed by atoms with Crippen LogP contribution in [0.25, 0.3) is 11.6 Å². The number of hydrogen-bond acceptors (Lipinski definition) is 4. The SMILES string of the molecule is COC1=CCC2=C(C=C1)c1nc(C=C(C)C)c(NC(=O)CCCc3ccccc3)nc1CC2. The molecular formula is C28H31N3O2. The Kier molecular flexibility index (Phi) is 7.18. The molecule has 2 aromatic rings. The smallest absolute Gasteiger partial charge is 0.225 e. The van der Waals surface area contributed by atoms with Crippen LogP contribution in [-0.2, 0) is 22.4 Å². The Balaban J connectivity index is 1.55. The number of nitrogens with zero attached hydrogens (tertiary/aromatic N) is 2. The maximum atomic E-state index is 12.7. The maximum Gasteiger partial charge on any atom is 0.225 e. The first-order valence-electron chi connectivity index (χ1n) is 11.6. The van der Waals surface area contributed by atoms with Crippen LogP contribution in [0, 0.1) is 0 Å². The van der Waals surface area contributed by atoms with Gasteiger partial charge in [-0.05, 0) is 75.8 Å².